The molecule has 0 atom stereocenters. The first kappa shape index (κ1) is 15.4. The number of halogens is 1. The van der Waals surface area contributed by atoms with Crippen molar-refractivity contribution in [3.8, 4) is 0 Å². The molecule has 5 nitrogen and oxygen atoms in total. The molecule has 0 saturated carbocycles. The number of carbonyl (C=O) groups excluding carboxylic acids is 1. The van der Waals surface area contributed by atoms with Gasteiger partial charge in [0.15, 0.2) is 0 Å². The molecule has 1 aliphatic heterocycles. The Morgan fingerprint density at radius 2 is 1.83 bits per heavy atom. The third-order valence-corrected chi connectivity index (χ3v) is 4.01. The Balaban J connectivity index is 1.56. The fourth-order valence-corrected chi connectivity index (χ4v) is 2.69. The van der Waals surface area contributed by atoms with Crippen LogP contribution in [0.4, 0.5) is 10.2 Å². The van der Waals surface area contributed by atoms with Crippen LogP contribution in [0.2, 0.25) is 0 Å². The van der Waals surface area contributed by atoms with Crippen molar-refractivity contribution in [2.24, 2.45) is 0 Å². The van der Waals surface area contributed by atoms with Crippen LogP contribution in [0.15, 0.2) is 36.7 Å². The monoisotopic (exact) mass is 314 g/mol. The van der Waals surface area contributed by atoms with Crippen molar-refractivity contribution in [3.05, 3.63) is 53.7 Å². The van der Waals surface area contributed by atoms with Gasteiger partial charge >= 0.3 is 0 Å². The maximum Gasteiger partial charge on any atom is 0.227 e. The number of amides is 1. The molecule has 120 valence electrons. The largest absolute Gasteiger partial charge is 0.353 e. The molecule has 23 heavy (non-hydrogen) atoms. The van der Waals surface area contributed by atoms with E-state index < -0.39 is 0 Å². The average molecular weight is 314 g/mol. The second-order valence-electron chi connectivity index (χ2n) is 5.69. The van der Waals surface area contributed by atoms with Crippen molar-refractivity contribution in [1.82, 2.24) is 14.9 Å². The lowest BCUT2D eigenvalue weighted by atomic mass is 10.1. The normalized spacial score (nSPS) is 14.9. The first-order valence-corrected chi connectivity index (χ1v) is 7.67. The molecule has 3 rings (SSSR count). The van der Waals surface area contributed by atoms with Crippen LogP contribution in [0.5, 0.6) is 0 Å². The molecule has 0 aliphatic carbocycles. The van der Waals surface area contributed by atoms with Crippen molar-refractivity contribution in [3.63, 3.8) is 0 Å². The molecule has 6 heteroatoms. The topological polar surface area (TPSA) is 49.3 Å². The SMILES string of the molecule is Cc1cc(N2CCN(C(=O)Cc3ccc(F)cc3)CC2)ncn1. The van der Waals surface area contributed by atoms with Gasteiger partial charge < -0.3 is 9.80 Å². The summed E-state index contributed by atoms with van der Waals surface area (Å²) in [5, 5.41) is 0. The number of hydrogen-bond donors (Lipinski definition) is 0. The molecule has 0 N–H and O–H groups in total. The van der Waals surface area contributed by atoms with E-state index in [2.05, 4.69) is 14.9 Å². The standard InChI is InChI=1S/C17H19FN4O/c1-13-10-16(20-12-19-13)21-6-8-22(9-7-21)17(23)11-14-2-4-15(18)5-3-14/h2-5,10,12H,6-9,11H2,1H3. The predicted molar refractivity (Wildman–Crippen MR) is 85.7 cm³/mol. The Labute approximate surface area is 134 Å². The molecule has 0 radical (unpaired) electrons. The average Bonchev–Trinajstić information content (AvgIpc) is 2.57. The van der Waals surface area contributed by atoms with Gasteiger partial charge in [-0.3, -0.25) is 4.79 Å². The van der Waals surface area contributed by atoms with E-state index in [1.807, 2.05) is 17.9 Å². The van der Waals surface area contributed by atoms with Gasteiger partial charge in [-0.05, 0) is 24.6 Å². The summed E-state index contributed by atoms with van der Waals surface area (Å²) in [5.41, 5.74) is 1.77. The molecule has 0 unspecified atom stereocenters. The van der Waals surface area contributed by atoms with Gasteiger partial charge in [-0.25, -0.2) is 14.4 Å². The highest BCUT2D eigenvalue weighted by atomic mass is 19.1. The number of carbonyl (C=O) groups is 1. The van der Waals surface area contributed by atoms with Crippen LogP contribution < -0.4 is 4.90 Å². The highest BCUT2D eigenvalue weighted by molar-refractivity contribution is 5.79. The van der Waals surface area contributed by atoms with E-state index in [9.17, 15) is 9.18 Å². The highest BCUT2D eigenvalue weighted by Gasteiger charge is 2.22. The molecule has 1 fully saturated rings. The van der Waals surface area contributed by atoms with Gasteiger partial charge in [0.05, 0.1) is 6.42 Å². The Bertz CT molecular complexity index is 681. The van der Waals surface area contributed by atoms with Crippen LogP contribution in [0.3, 0.4) is 0 Å². The van der Waals surface area contributed by atoms with Gasteiger partial charge in [0.2, 0.25) is 5.91 Å². The number of nitrogens with zero attached hydrogens (tertiary/aromatic N) is 4. The highest BCUT2D eigenvalue weighted by Crippen LogP contribution is 2.14. The van der Waals surface area contributed by atoms with Crippen molar-refractivity contribution in [1.29, 1.82) is 0 Å². The third kappa shape index (κ3) is 3.83. The van der Waals surface area contributed by atoms with Crippen LogP contribution in [0, 0.1) is 12.7 Å². The van der Waals surface area contributed by atoms with E-state index in [0.717, 1.165) is 30.2 Å². The van der Waals surface area contributed by atoms with Crippen LogP contribution in [-0.2, 0) is 11.2 Å². The summed E-state index contributed by atoms with van der Waals surface area (Å²) in [7, 11) is 0. The van der Waals surface area contributed by atoms with E-state index in [1.165, 1.54) is 12.1 Å². The molecule has 0 bridgehead atoms. The first-order valence-electron chi connectivity index (χ1n) is 7.67. The number of rotatable bonds is 3. The lowest BCUT2D eigenvalue weighted by Crippen LogP contribution is -2.49. The van der Waals surface area contributed by atoms with Gasteiger partial charge in [-0.1, -0.05) is 12.1 Å². The zero-order valence-corrected chi connectivity index (χ0v) is 13.1. The molecule has 1 aliphatic rings. The second-order valence-corrected chi connectivity index (χ2v) is 5.69. The quantitative estimate of drug-likeness (QED) is 0.867. The van der Waals surface area contributed by atoms with Crippen molar-refractivity contribution < 1.29 is 9.18 Å². The smallest absolute Gasteiger partial charge is 0.227 e. The van der Waals surface area contributed by atoms with E-state index in [0.29, 0.717) is 19.5 Å². The fraction of sp³-hybridized carbons (Fsp3) is 0.353. The third-order valence-electron chi connectivity index (χ3n) is 4.01. The summed E-state index contributed by atoms with van der Waals surface area (Å²) < 4.78 is 12.9. The number of benzene rings is 1. The summed E-state index contributed by atoms with van der Waals surface area (Å²) >= 11 is 0. The minimum absolute atomic E-state index is 0.0788. The Hall–Kier alpha value is -2.50. The number of hydrogen-bond acceptors (Lipinski definition) is 4. The van der Waals surface area contributed by atoms with Gasteiger partial charge in [-0.15, -0.1) is 0 Å². The van der Waals surface area contributed by atoms with Gasteiger partial charge in [0, 0.05) is 37.9 Å². The van der Waals surface area contributed by atoms with Crippen molar-refractivity contribution in [2.45, 2.75) is 13.3 Å². The van der Waals surface area contributed by atoms with Gasteiger partial charge in [0.25, 0.3) is 0 Å². The molecule has 0 spiro atoms. The molecule has 1 amide bonds. The summed E-state index contributed by atoms with van der Waals surface area (Å²) in [6, 6.07) is 8.05. The zero-order chi connectivity index (χ0) is 16.2. The van der Waals surface area contributed by atoms with Crippen molar-refractivity contribution >= 4 is 11.7 Å². The van der Waals surface area contributed by atoms with Crippen LogP contribution in [0.25, 0.3) is 0 Å². The number of anilines is 1. The Morgan fingerprint density at radius 3 is 2.48 bits per heavy atom. The Kier molecular flexibility index (Phi) is 4.50. The molecule has 2 heterocycles. The van der Waals surface area contributed by atoms with Crippen LogP contribution in [0.1, 0.15) is 11.3 Å². The summed E-state index contributed by atoms with van der Waals surface area (Å²) in [5.74, 6) is 0.702. The molecule has 2 aromatic rings. The molecular weight excluding hydrogens is 295 g/mol. The van der Waals surface area contributed by atoms with Crippen molar-refractivity contribution in [2.75, 3.05) is 31.1 Å². The maximum atomic E-state index is 12.9. The summed E-state index contributed by atoms with van der Waals surface area (Å²) in [4.78, 5) is 24.7. The molecule has 1 aromatic carbocycles. The number of piperazine rings is 1. The van der Waals surface area contributed by atoms with Crippen LogP contribution in [-0.4, -0.2) is 47.0 Å². The number of aryl methyl sites for hydroxylation is 1. The minimum Gasteiger partial charge on any atom is -0.353 e. The van der Waals surface area contributed by atoms with E-state index in [-0.39, 0.29) is 11.7 Å². The number of aromatic nitrogens is 2. The van der Waals surface area contributed by atoms with E-state index >= 15 is 0 Å². The summed E-state index contributed by atoms with van der Waals surface area (Å²) in [6.07, 6.45) is 1.88. The molecule has 1 saturated heterocycles. The van der Waals surface area contributed by atoms with Gasteiger partial charge in [0.1, 0.15) is 18.0 Å². The lowest BCUT2D eigenvalue weighted by molar-refractivity contribution is -0.130. The predicted octanol–water partition coefficient (Wildman–Crippen LogP) is 1.82. The fourth-order valence-electron chi connectivity index (χ4n) is 2.69. The van der Waals surface area contributed by atoms with E-state index in [4.69, 9.17) is 0 Å². The maximum absolute atomic E-state index is 12.9. The van der Waals surface area contributed by atoms with Gasteiger partial charge in [-0.2, -0.15) is 0 Å². The molecular formula is C17H19FN4O. The summed E-state index contributed by atoms with van der Waals surface area (Å²) in [6.45, 7) is 4.79. The second kappa shape index (κ2) is 6.73. The minimum atomic E-state index is -0.282. The Morgan fingerprint density at radius 1 is 1.13 bits per heavy atom. The van der Waals surface area contributed by atoms with E-state index in [1.54, 1.807) is 18.5 Å². The first-order chi connectivity index (χ1) is 11.1. The zero-order valence-electron chi connectivity index (χ0n) is 13.1. The lowest BCUT2D eigenvalue weighted by Gasteiger charge is -2.35. The van der Waals surface area contributed by atoms with Crippen LogP contribution >= 0.6 is 0 Å². The molecule has 1 aromatic heterocycles.